The molecule has 2 atom stereocenters. The van der Waals surface area contributed by atoms with Gasteiger partial charge in [0.05, 0.1) is 0 Å². The van der Waals surface area contributed by atoms with Crippen LogP contribution in [0.5, 0.6) is 0 Å². The van der Waals surface area contributed by atoms with Crippen LogP contribution in [0.3, 0.4) is 0 Å². The summed E-state index contributed by atoms with van der Waals surface area (Å²) in [7, 11) is 0. The van der Waals surface area contributed by atoms with Crippen LogP contribution in [-0.2, 0) is 19.3 Å². The van der Waals surface area contributed by atoms with Crippen LogP contribution < -0.4 is 10.6 Å². The van der Waals surface area contributed by atoms with E-state index in [0.717, 1.165) is 35.9 Å². The molecule has 3 rings (SSSR count). The van der Waals surface area contributed by atoms with Crippen LogP contribution in [0.1, 0.15) is 42.5 Å². The van der Waals surface area contributed by atoms with Crippen LogP contribution in [0.15, 0.2) is 48.5 Å². The molecule has 0 aliphatic carbocycles. The topological polar surface area (TPSA) is 49.8 Å². The maximum atomic E-state index is 4.36. The summed E-state index contributed by atoms with van der Waals surface area (Å²) in [6.07, 6.45) is 3.01. The summed E-state index contributed by atoms with van der Waals surface area (Å²) in [5.41, 5.74) is 5.19. The third-order valence-electron chi connectivity index (χ3n) is 5.41. The van der Waals surface area contributed by atoms with Gasteiger partial charge < -0.3 is 10.6 Å². The normalized spacial score (nSPS) is 13.1. The zero-order valence-corrected chi connectivity index (χ0v) is 18.7. The summed E-state index contributed by atoms with van der Waals surface area (Å²) in [6.45, 7) is 9.68. The van der Waals surface area contributed by atoms with Crippen LogP contribution >= 0.6 is 11.3 Å². The van der Waals surface area contributed by atoms with E-state index in [0.29, 0.717) is 12.0 Å². The molecule has 2 aromatic carbocycles. The summed E-state index contributed by atoms with van der Waals surface area (Å²) >= 11 is 1.67. The van der Waals surface area contributed by atoms with Crippen molar-refractivity contribution < 1.29 is 0 Å². The van der Waals surface area contributed by atoms with Crippen molar-refractivity contribution in [1.82, 2.24) is 10.2 Å². The Hall–Kier alpha value is -2.40. The second kappa shape index (κ2) is 10.4. The van der Waals surface area contributed by atoms with Gasteiger partial charge in [-0.3, -0.25) is 0 Å². The van der Waals surface area contributed by atoms with E-state index in [1.54, 1.807) is 11.3 Å². The zero-order chi connectivity index (χ0) is 20.6. The number of aryl methyl sites for hydroxylation is 4. The van der Waals surface area contributed by atoms with Crippen molar-refractivity contribution >= 4 is 22.2 Å². The lowest BCUT2D eigenvalue weighted by Crippen LogP contribution is -2.29. The lowest BCUT2D eigenvalue weighted by Gasteiger charge is -2.21. The van der Waals surface area contributed by atoms with E-state index in [2.05, 4.69) is 97.1 Å². The van der Waals surface area contributed by atoms with Crippen molar-refractivity contribution in [3.05, 3.63) is 70.2 Å². The maximum absolute atomic E-state index is 4.36. The van der Waals surface area contributed by atoms with Gasteiger partial charge in [0.25, 0.3) is 0 Å². The zero-order valence-electron chi connectivity index (χ0n) is 17.9. The molecule has 0 aliphatic heterocycles. The molecule has 0 saturated heterocycles. The highest BCUT2D eigenvalue weighted by molar-refractivity contribution is 7.15. The highest BCUT2D eigenvalue weighted by Crippen LogP contribution is 2.20. The number of rotatable bonds is 10. The van der Waals surface area contributed by atoms with Gasteiger partial charge in [0.2, 0.25) is 5.13 Å². The van der Waals surface area contributed by atoms with Crippen LogP contribution in [0.4, 0.5) is 10.8 Å². The van der Waals surface area contributed by atoms with Gasteiger partial charge in [0, 0.05) is 24.7 Å². The average Bonchev–Trinajstić information content (AvgIpc) is 3.19. The highest BCUT2D eigenvalue weighted by Gasteiger charge is 2.14. The quantitative estimate of drug-likeness (QED) is 0.449. The Balaban J connectivity index is 1.44. The van der Waals surface area contributed by atoms with Gasteiger partial charge in [0.15, 0.2) is 0 Å². The second-order valence-corrected chi connectivity index (χ2v) is 8.89. The Morgan fingerprint density at radius 2 is 1.59 bits per heavy atom. The van der Waals surface area contributed by atoms with E-state index in [4.69, 9.17) is 0 Å². The Morgan fingerprint density at radius 1 is 0.897 bits per heavy atom. The van der Waals surface area contributed by atoms with Crippen molar-refractivity contribution in [3.63, 3.8) is 0 Å². The third-order valence-corrected chi connectivity index (χ3v) is 6.32. The summed E-state index contributed by atoms with van der Waals surface area (Å²) < 4.78 is 0. The lowest BCUT2D eigenvalue weighted by molar-refractivity contribution is 0.534. The Bertz CT molecular complexity index is 871. The van der Waals surface area contributed by atoms with Crippen LogP contribution in [0, 0.1) is 12.8 Å². The second-order valence-electron chi connectivity index (χ2n) is 7.83. The highest BCUT2D eigenvalue weighted by atomic mass is 32.1. The molecule has 0 bridgehead atoms. The smallest absolute Gasteiger partial charge is 0.205 e. The molecular weight excluding hydrogens is 376 g/mol. The monoisotopic (exact) mass is 408 g/mol. The van der Waals surface area contributed by atoms with E-state index < -0.39 is 0 Å². The van der Waals surface area contributed by atoms with Gasteiger partial charge in [0.1, 0.15) is 5.01 Å². The predicted octanol–water partition coefficient (Wildman–Crippen LogP) is 5.74. The average molecular weight is 409 g/mol. The summed E-state index contributed by atoms with van der Waals surface area (Å²) in [5.74, 6) is 0.459. The van der Waals surface area contributed by atoms with Crippen molar-refractivity contribution in [2.45, 2.75) is 53.0 Å². The first kappa shape index (κ1) is 21.3. The molecule has 4 nitrogen and oxygen atoms in total. The number of nitrogens with zero attached hydrogens (tertiary/aromatic N) is 2. The molecule has 1 heterocycles. The van der Waals surface area contributed by atoms with E-state index in [9.17, 15) is 0 Å². The van der Waals surface area contributed by atoms with E-state index in [1.165, 1.54) is 22.4 Å². The lowest BCUT2D eigenvalue weighted by atomic mass is 10.0. The molecule has 29 heavy (non-hydrogen) atoms. The number of hydrogen-bond donors (Lipinski definition) is 2. The summed E-state index contributed by atoms with van der Waals surface area (Å²) in [6, 6.07) is 17.7. The molecule has 2 unspecified atom stereocenters. The molecule has 0 aliphatic rings. The molecule has 0 spiro atoms. The van der Waals surface area contributed by atoms with Crippen LogP contribution in [0.2, 0.25) is 0 Å². The largest absolute Gasteiger partial charge is 0.385 e. The molecule has 2 N–H and O–H groups in total. The van der Waals surface area contributed by atoms with Crippen molar-refractivity contribution in [1.29, 1.82) is 0 Å². The number of hydrogen-bond acceptors (Lipinski definition) is 5. The fourth-order valence-electron chi connectivity index (χ4n) is 3.07. The summed E-state index contributed by atoms with van der Waals surface area (Å²) in [4.78, 5) is 0. The standard InChI is InChI=1S/C24H32N4S/c1-5-20-10-13-22(14-11-20)25-16-18(3)19(4)26-24-28-27-23(29-24)15-12-21-8-6-17(2)7-9-21/h6-11,13-14,18-19,25H,5,12,15-16H2,1-4H3,(H,26,28). The minimum Gasteiger partial charge on any atom is -0.385 e. The first-order valence-electron chi connectivity index (χ1n) is 10.5. The van der Waals surface area contributed by atoms with E-state index in [-0.39, 0.29) is 0 Å². The van der Waals surface area contributed by atoms with Gasteiger partial charge in [-0.05, 0) is 55.9 Å². The molecule has 1 aromatic heterocycles. The Labute approximate surface area is 178 Å². The molecule has 0 amide bonds. The van der Waals surface area contributed by atoms with E-state index >= 15 is 0 Å². The third kappa shape index (κ3) is 6.57. The first-order valence-corrected chi connectivity index (χ1v) is 11.3. The molecule has 5 heteroatoms. The number of benzene rings is 2. The summed E-state index contributed by atoms with van der Waals surface area (Å²) in [5, 5.41) is 17.8. The van der Waals surface area contributed by atoms with Crippen molar-refractivity contribution in [2.24, 2.45) is 5.92 Å². The predicted molar refractivity (Wildman–Crippen MR) is 125 cm³/mol. The van der Waals surface area contributed by atoms with Gasteiger partial charge in [-0.1, -0.05) is 67.1 Å². The molecular formula is C24H32N4S. The number of anilines is 2. The molecule has 0 saturated carbocycles. The SMILES string of the molecule is CCc1ccc(NCC(C)C(C)Nc2nnc(CCc3ccc(C)cc3)s2)cc1. The fourth-order valence-corrected chi connectivity index (χ4v) is 3.91. The molecule has 0 radical (unpaired) electrons. The minimum absolute atomic E-state index is 0.315. The molecule has 3 aromatic rings. The van der Waals surface area contributed by atoms with Gasteiger partial charge in [-0.15, -0.1) is 10.2 Å². The maximum Gasteiger partial charge on any atom is 0.205 e. The van der Waals surface area contributed by atoms with Gasteiger partial charge >= 0.3 is 0 Å². The fraction of sp³-hybridized carbons (Fsp3) is 0.417. The van der Waals surface area contributed by atoms with Crippen LogP contribution in [-0.4, -0.2) is 22.8 Å². The first-order chi connectivity index (χ1) is 14.0. The van der Waals surface area contributed by atoms with Crippen molar-refractivity contribution in [3.8, 4) is 0 Å². The molecule has 154 valence electrons. The Kier molecular flexibility index (Phi) is 7.64. The number of nitrogens with one attached hydrogen (secondary N) is 2. The Morgan fingerprint density at radius 3 is 2.28 bits per heavy atom. The number of aromatic nitrogens is 2. The molecule has 0 fully saturated rings. The minimum atomic E-state index is 0.315. The van der Waals surface area contributed by atoms with Gasteiger partial charge in [-0.25, -0.2) is 0 Å². The van der Waals surface area contributed by atoms with Gasteiger partial charge in [-0.2, -0.15) is 0 Å². The van der Waals surface area contributed by atoms with E-state index in [1.807, 2.05) is 0 Å². The van der Waals surface area contributed by atoms with Crippen LogP contribution in [0.25, 0.3) is 0 Å². The van der Waals surface area contributed by atoms with Crippen molar-refractivity contribution in [2.75, 3.05) is 17.2 Å².